The topological polar surface area (TPSA) is 141 Å². The summed E-state index contributed by atoms with van der Waals surface area (Å²) < 4.78 is 48.9. The summed E-state index contributed by atoms with van der Waals surface area (Å²) in [6.07, 6.45) is -0.912. The maximum absolute atomic E-state index is 12.2. The molecule has 0 fully saturated rings. The van der Waals surface area contributed by atoms with Crippen molar-refractivity contribution in [2.24, 2.45) is 0 Å². The molecule has 49 heavy (non-hydrogen) atoms. The minimum Gasteiger partial charge on any atom is -0.449 e. The van der Waals surface area contributed by atoms with Gasteiger partial charge in [0.1, 0.15) is 12.2 Å². The molecule has 274 valence electrons. The zero-order valence-electron chi connectivity index (χ0n) is 29.2. The van der Waals surface area contributed by atoms with E-state index in [4.69, 9.17) is 42.6 Å². The van der Waals surface area contributed by atoms with Gasteiger partial charge in [-0.15, -0.1) is 0 Å². The van der Waals surface area contributed by atoms with Gasteiger partial charge in [0.05, 0.1) is 92.5 Å². The van der Waals surface area contributed by atoms with Gasteiger partial charge in [-0.3, -0.25) is 0 Å². The van der Waals surface area contributed by atoms with Crippen LogP contribution in [0.2, 0.25) is 0 Å². The predicted octanol–water partition coefficient (Wildman–Crippen LogP) is 4.17. The molecule has 13 heteroatoms. The fourth-order valence-electron chi connectivity index (χ4n) is 4.84. The van der Waals surface area contributed by atoms with Crippen molar-refractivity contribution in [3.63, 3.8) is 0 Å². The van der Waals surface area contributed by atoms with Crippen molar-refractivity contribution in [1.29, 1.82) is 0 Å². The van der Waals surface area contributed by atoms with Gasteiger partial charge in [0, 0.05) is 19.0 Å². The molecule has 1 aliphatic carbocycles. The van der Waals surface area contributed by atoms with Gasteiger partial charge in [-0.05, 0) is 43.0 Å². The highest BCUT2D eigenvalue weighted by Gasteiger charge is 2.29. The first-order chi connectivity index (χ1) is 23.8. The zero-order chi connectivity index (χ0) is 35.0. The Balaban J connectivity index is 0.996. The van der Waals surface area contributed by atoms with Crippen LogP contribution in [0, 0.1) is 0 Å². The lowest BCUT2D eigenvalue weighted by atomic mass is 9.98. The van der Waals surface area contributed by atoms with Gasteiger partial charge in [0.25, 0.3) is 0 Å². The van der Waals surface area contributed by atoms with Crippen LogP contribution >= 0.6 is 0 Å². The second kappa shape index (κ2) is 24.0. The maximum Gasteiger partial charge on any atom is 0.407 e. The lowest BCUT2D eigenvalue weighted by Gasteiger charge is -2.19. The van der Waals surface area contributed by atoms with Crippen LogP contribution in [-0.2, 0) is 42.6 Å². The normalized spacial score (nSPS) is 12.4. The first kappa shape index (κ1) is 40.1. The summed E-state index contributed by atoms with van der Waals surface area (Å²) in [6, 6.07) is 16.5. The first-order valence-electron chi connectivity index (χ1n) is 16.9. The van der Waals surface area contributed by atoms with Crippen LogP contribution in [0.15, 0.2) is 48.5 Å². The van der Waals surface area contributed by atoms with Crippen molar-refractivity contribution >= 4 is 12.2 Å². The molecule has 13 nitrogen and oxygen atoms in total. The van der Waals surface area contributed by atoms with Gasteiger partial charge in [-0.2, -0.15) is 0 Å². The summed E-state index contributed by atoms with van der Waals surface area (Å²) >= 11 is 0. The second-order valence-corrected chi connectivity index (χ2v) is 12.0. The lowest BCUT2D eigenvalue weighted by Crippen LogP contribution is -2.34. The molecule has 0 radical (unpaired) electrons. The fourth-order valence-corrected chi connectivity index (χ4v) is 4.84. The van der Waals surface area contributed by atoms with Gasteiger partial charge in [0.15, 0.2) is 0 Å². The molecule has 2 aromatic carbocycles. The molecule has 0 bridgehead atoms. The number of ether oxygens (including phenoxy) is 9. The van der Waals surface area contributed by atoms with Crippen molar-refractivity contribution in [3.8, 4) is 11.1 Å². The average molecular weight is 691 g/mol. The molecule has 0 atom stereocenters. The van der Waals surface area contributed by atoms with Crippen LogP contribution < -0.4 is 10.6 Å². The number of carbonyl (C=O) groups is 2. The largest absolute Gasteiger partial charge is 0.449 e. The highest BCUT2D eigenvalue weighted by atomic mass is 16.6. The van der Waals surface area contributed by atoms with E-state index in [1.807, 2.05) is 45.0 Å². The Hall–Kier alpha value is -3.30. The minimum atomic E-state index is -0.516. The Labute approximate surface area is 290 Å². The Bertz CT molecular complexity index is 1160. The highest BCUT2D eigenvalue weighted by molar-refractivity contribution is 5.79. The standard InChI is InChI=1S/C36H54N2O11/c1-36(2,3)49-35(40)38-13-15-42-17-19-44-21-23-46-25-27-47-26-24-45-22-20-43-18-16-41-14-12-37-34(39)48-28-33-31-10-6-4-8-29(31)30-9-5-7-11-32(30)33/h4-11,33H,12-28H2,1-3H3,(H,37,39)(H,38,40). The molecule has 0 saturated carbocycles. The van der Waals surface area contributed by atoms with Gasteiger partial charge >= 0.3 is 12.2 Å². The smallest absolute Gasteiger partial charge is 0.407 e. The number of carbonyl (C=O) groups excluding carboxylic acids is 2. The monoisotopic (exact) mass is 690 g/mol. The van der Waals surface area contributed by atoms with E-state index in [-0.39, 0.29) is 12.5 Å². The molecule has 0 spiro atoms. The lowest BCUT2D eigenvalue weighted by molar-refractivity contribution is -0.0203. The number of alkyl carbamates (subject to hydrolysis) is 2. The number of hydrogen-bond donors (Lipinski definition) is 2. The van der Waals surface area contributed by atoms with E-state index < -0.39 is 17.8 Å². The van der Waals surface area contributed by atoms with Crippen LogP contribution in [0.5, 0.6) is 0 Å². The predicted molar refractivity (Wildman–Crippen MR) is 183 cm³/mol. The minimum absolute atomic E-state index is 0.0352. The molecular formula is C36H54N2O11. The molecule has 0 unspecified atom stereocenters. The van der Waals surface area contributed by atoms with Gasteiger partial charge in [-0.25, -0.2) is 9.59 Å². The average Bonchev–Trinajstić information content (AvgIpc) is 3.40. The van der Waals surface area contributed by atoms with Crippen LogP contribution in [0.25, 0.3) is 11.1 Å². The van der Waals surface area contributed by atoms with Crippen molar-refractivity contribution in [2.75, 3.05) is 112 Å². The van der Waals surface area contributed by atoms with Crippen molar-refractivity contribution in [3.05, 3.63) is 59.7 Å². The number of fused-ring (bicyclic) bond motifs is 3. The van der Waals surface area contributed by atoms with E-state index in [2.05, 4.69) is 34.9 Å². The maximum atomic E-state index is 12.2. The number of rotatable bonds is 26. The Morgan fingerprint density at radius 3 is 1.27 bits per heavy atom. The molecular weight excluding hydrogens is 636 g/mol. The summed E-state index contributed by atoms with van der Waals surface area (Å²) in [7, 11) is 0. The highest BCUT2D eigenvalue weighted by Crippen LogP contribution is 2.44. The SMILES string of the molecule is CC(C)(C)OC(=O)NCCOCCOCCOCCOCCOCCOCCOCCNC(=O)OCC1c2ccccc2-c2ccccc21. The molecule has 1 aliphatic rings. The van der Waals surface area contributed by atoms with Gasteiger partial charge in [0.2, 0.25) is 0 Å². The van der Waals surface area contributed by atoms with E-state index in [0.717, 1.165) is 0 Å². The number of benzene rings is 2. The van der Waals surface area contributed by atoms with E-state index in [1.54, 1.807) is 0 Å². The third-order valence-electron chi connectivity index (χ3n) is 7.01. The van der Waals surface area contributed by atoms with E-state index in [9.17, 15) is 9.59 Å². The number of nitrogens with one attached hydrogen (secondary N) is 2. The molecule has 2 N–H and O–H groups in total. The van der Waals surface area contributed by atoms with Crippen LogP contribution in [0.4, 0.5) is 9.59 Å². The summed E-state index contributed by atoms with van der Waals surface area (Å²) in [5.74, 6) is 0.0352. The van der Waals surface area contributed by atoms with Gasteiger partial charge < -0.3 is 53.3 Å². The van der Waals surface area contributed by atoms with Gasteiger partial charge in [-0.1, -0.05) is 48.5 Å². The Morgan fingerprint density at radius 2 is 0.878 bits per heavy atom. The summed E-state index contributed by atoms with van der Waals surface area (Å²) in [5.41, 5.74) is 4.25. The van der Waals surface area contributed by atoms with Crippen molar-refractivity contribution in [2.45, 2.75) is 32.3 Å². The van der Waals surface area contributed by atoms with Crippen LogP contribution in [0.1, 0.15) is 37.8 Å². The third-order valence-corrected chi connectivity index (χ3v) is 7.01. The van der Waals surface area contributed by atoms with E-state index >= 15 is 0 Å². The molecule has 0 heterocycles. The van der Waals surface area contributed by atoms with Crippen LogP contribution in [0.3, 0.4) is 0 Å². The zero-order valence-corrected chi connectivity index (χ0v) is 29.2. The summed E-state index contributed by atoms with van der Waals surface area (Å²) in [5, 5.41) is 5.36. The Kier molecular flexibility index (Phi) is 19.6. The third kappa shape index (κ3) is 17.3. The molecule has 2 aromatic rings. The van der Waals surface area contributed by atoms with Crippen molar-refractivity contribution in [1.82, 2.24) is 10.6 Å². The quantitative estimate of drug-likeness (QED) is 0.138. The Morgan fingerprint density at radius 1 is 0.531 bits per heavy atom. The summed E-state index contributed by atoms with van der Waals surface area (Å²) in [4.78, 5) is 23.7. The molecule has 2 amide bonds. The number of hydrogen-bond acceptors (Lipinski definition) is 11. The first-order valence-corrected chi connectivity index (χ1v) is 16.9. The van der Waals surface area contributed by atoms with E-state index in [0.29, 0.717) is 106 Å². The molecule has 0 aliphatic heterocycles. The second-order valence-electron chi connectivity index (χ2n) is 12.0. The van der Waals surface area contributed by atoms with Crippen LogP contribution in [-0.4, -0.2) is 130 Å². The number of amides is 2. The summed E-state index contributed by atoms with van der Waals surface area (Å²) in [6.45, 7) is 12.7. The van der Waals surface area contributed by atoms with Crippen molar-refractivity contribution < 1.29 is 52.2 Å². The van der Waals surface area contributed by atoms with E-state index in [1.165, 1.54) is 22.3 Å². The molecule has 0 aromatic heterocycles. The molecule has 0 saturated heterocycles. The molecule has 3 rings (SSSR count). The fraction of sp³-hybridized carbons (Fsp3) is 0.611.